The molecular weight excluding hydrogens is 372 g/mol. The van der Waals surface area contributed by atoms with Gasteiger partial charge in [0.2, 0.25) is 5.91 Å². The lowest BCUT2D eigenvalue weighted by molar-refractivity contribution is -0.129. The number of anilines is 1. The number of aromatic nitrogens is 5. The van der Waals surface area contributed by atoms with Crippen LogP contribution in [0.4, 0.5) is 5.82 Å². The topological polar surface area (TPSA) is 135 Å². The highest BCUT2D eigenvalue weighted by Crippen LogP contribution is 2.32. The third kappa shape index (κ3) is 3.14. The molecule has 0 aliphatic carbocycles. The second kappa shape index (κ2) is 6.89. The fourth-order valence-corrected chi connectivity index (χ4v) is 3.14. The van der Waals surface area contributed by atoms with Crippen LogP contribution in [0.1, 0.15) is 10.5 Å². The van der Waals surface area contributed by atoms with Crippen molar-refractivity contribution < 1.29 is 9.59 Å². The van der Waals surface area contributed by atoms with E-state index in [1.54, 1.807) is 27.2 Å². The van der Waals surface area contributed by atoms with Crippen molar-refractivity contribution in [2.45, 2.75) is 6.54 Å². The van der Waals surface area contributed by atoms with Gasteiger partial charge in [-0.1, -0.05) is 12.1 Å². The molecule has 0 fully saturated rings. The highest BCUT2D eigenvalue weighted by atomic mass is 16.2. The number of hydrogen-bond donors (Lipinski definition) is 3. The van der Waals surface area contributed by atoms with Gasteiger partial charge in [0, 0.05) is 37.6 Å². The van der Waals surface area contributed by atoms with Gasteiger partial charge in [-0.15, -0.1) is 0 Å². The van der Waals surface area contributed by atoms with Crippen LogP contribution >= 0.6 is 0 Å². The third-order valence-corrected chi connectivity index (χ3v) is 4.71. The summed E-state index contributed by atoms with van der Waals surface area (Å²) in [5.41, 5.74) is 9.19. The number of nitrogen functional groups attached to an aromatic ring is 1. The van der Waals surface area contributed by atoms with E-state index >= 15 is 0 Å². The lowest BCUT2D eigenvalue weighted by atomic mass is 10.1. The van der Waals surface area contributed by atoms with Crippen molar-refractivity contribution in [1.82, 2.24) is 34.9 Å². The van der Waals surface area contributed by atoms with Crippen molar-refractivity contribution in [1.29, 1.82) is 0 Å². The summed E-state index contributed by atoms with van der Waals surface area (Å²) < 4.78 is 1.53. The number of nitrogens with two attached hydrogens (primary N) is 1. The van der Waals surface area contributed by atoms with Crippen LogP contribution < -0.4 is 11.1 Å². The quantitative estimate of drug-likeness (QED) is 0.474. The number of hydrogen-bond acceptors (Lipinski definition) is 6. The minimum absolute atomic E-state index is 0.0333. The van der Waals surface area contributed by atoms with Crippen LogP contribution in [0.3, 0.4) is 0 Å². The molecule has 3 heterocycles. The molecule has 1 aromatic carbocycles. The minimum atomic E-state index is -0.197. The molecule has 0 atom stereocenters. The normalized spacial score (nSPS) is 11.1. The number of H-pyrrole nitrogens is 1. The summed E-state index contributed by atoms with van der Waals surface area (Å²) >= 11 is 0. The molecule has 2 amide bonds. The van der Waals surface area contributed by atoms with E-state index in [1.807, 2.05) is 18.2 Å². The number of aromatic amines is 1. The van der Waals surface area contributed by atoms with Crippen LogP contribution in [0.25, 0.3) is 33.2 Å². The van der Waals surface area contributed by atoms with Gasteiger partial charge in [0.15, 0.2) is 5.65 Å². The van der Waals surface area contributed by atoms with Crippen molar-refractivity contribution in [3.63, 3.8) is 0 Å². The van der Waals surface area contributed by atoms with Crippen LogP contribution in [0, 0.1) is 0 Å². The van der Waals surface area contributed by atoms with Crippen LogP contribution in [-0.2, 0) is 11.3 Å². The van der Waals surface area contributed by atoms with Crippen LogP contribution in [0.2, 0.25) is 0 Å². The van der Waals surface area contributed by atoms with E-state index in [0.29, 0.717) is 22.4 Å². The van der Waals surface area contributed by atoms with Crippen molar-refractivity contribution in [3.05, 3.63) is 36.3 Å². The highest BCUT2D eigenvalue weighted by molar-refractivity contribution is 6.02. The number of nitrogens with zero attached hydrogens (tertiary/aromatic N) is 5. The second-order valence-electron chi connectivity index (χ2n) is 6.82. The molecule has 0 aliphatic heterocycles. The van der Waals surface area contributed by atoms with Gasteiger partial charge < -0.3 is 20.9 Å². The first kappa shape index (κ1) is 18.4. The number of carbonyl (C=O) groups excluding carboxylic acids is 2. The van der Waals surface area contributed by atoms with Crippen LogP contribution in [0.15, 0.2) is 30.6 Å². The smallest absolute Gasteiger partial charge is 0.267 e. The number of fused-ring (bicyclic) bond motifs is 2. The first-order valence-corrected chi connectivity index (χ1v) is 8.91. The zero-order valence-electron chi connectivity index (χ0n) is 16.2. The molecule has 4 aromatic rings. The zero-order valence-corrected chi connectivity index (χ0v) is 16.2. The number of rotatable bonds is 4. The molecule has 0 aliphatic rings. The Morgan fingerprint density at radius 1 is 1.24 bits per heavy atom. The van der Waals surface area contributed by atoms with Gasteiger partial charge in [-0.3, -0.25) is 9.59 Å². The Bertz CT molecular complexity index is 1250. The predicted octanol–water partition coefficient (Wildman–Crippen LogP) is 1.00. The predicted molar refractivity (Wildman–Crippen MR) is 109 cm³/mol. The van der Waals surface area contributed by atoms with Gasteiger partial charge >= 0.3 is 0 Å². The minimum Gasteiger partial charge on any atom is -0.383 e. The maximum absolute atomic E-state index is 12.2. The maximum Gasteiger partial charge on any atom is 0.267 e. The van der Waals surface area contributed by atoms with E-state index in [1.165, 1.54) is 15.9 Å². The molecule has 29 heavy (non-hydrogen) atoms. The van der Waals surface area contributed by atoms with Gasteiger partial charge in [-0.2, -0.15) is 5.10 Å². The first-order chi connectivity index (χ1) is 13.9. The molecular formula is C19H20N8O2. The number of amides is 2. The number of carbonyl (C=O) groups is 2. The summed E-state index contributed by atoms with van der Waals surface area (Å²) in [5.74, 6) is -0.0309. The Morgan fingerprint density at radius 3 is 2.76 bits per heavy atom. The van der Waals surface area contributed by atoms with Gasteiger partial charge in [0.25, 0.3) is 5.91 Å². The van der Waals surface area contributed by atoms with Crippen molar-refractivity contribution in [2.75, 3.05) is 26.9 Å². The first-order valence-electron chi connectivity index (χ1n) is 8.91. The highest BCUT2D eigenvalue weighted by Gasteiger charge is 2.19. The Kier molecular flexibility index (Phi) is 4.38. The number of likely N-dealkylation sites (N-methyl/N-ethyl adjacent to an activating group) is 1. The molecule has 10 heteroatoms. The molecule has 4 N–H and O–H groups in total. The number of nitrogens with one attached hydrogen (secondary N) is 2. The average Bonchev–Trinajstić information content (AvgIpc) is 3.29. The summed E-state index contributed by atoms with van der Waals surface area (Å²) in [7, 11) is 4.94. The largest absolute Gasteiger partial charge is 0.383 e. The summed E-state index contributed by atoms with van der Waals surface area (Å²) in [5, 5.41) is 8.67. The monoisotopic (exact) mass is 392 g/mol. The fraction of sp³-hybridized carbons (Fsp3) is 0.211. The molecule has 10 nitrogen and oxygen atoms in total. The third-order valence-electron chi connectivity index (χ3n) is 4.71. The van der Waals surface area contributed by atoms with Crippen LogP contribution in [0.5, 0.6) is 0 Å². The van der Waals surface area contributed by atoms with Gasteiger partial charge in [0.1, 0.15) is 30.1 Å². The van der Waals surface area contributed by atoms with Crippen LogP contribution in [-0.4, -0.2) is 62.6 Å². The molecule has 0 spiro atoms. The van der Waals surface area contributed by atoms with E-state index in [2.05, 4.69) is 25.4 Å². The Labute approximate surface area is 165 Å². The van der Waals surface area contributed by atoms with E-state index in [4.69, 9.17) is 5.73 Å². The molecule has 4 rings (SSSR count). The SMILES string of the molecule is CNC(=O)c1cc2ccc(-c3nn(CC(=O)N(C)C)c4ncnc(N)c34)cc2[nH]1. The summed E-state index contributed by atoms with van der Waals surface area (Å²) in [6, 6.07) is 7.44. The zero-order chi connectivity index (χ0) is 20.7. The maximum atomic E-state index is 12.2. The Balaban J connectivity index is 1.87. The molecule has 0 radical (unpaired) electrons. The molecule has 0 bridgehead atoms. The lowest BCUT2D eigenvalue weighted by Gasteiger charge is -2.10. The Morgan fingerprint density at radius 2 is 2.03 bits per heavy atom. The number of benzene rings is 1. The summed E-state index contributed by atoms with van der Waals surface area (Å²) in [6.07, 6.45) is 1.35. The standard InChI is InChI=1S/C19H20N8O2/c1-21-19(29)13-6-10-4-5-11(7-12(10)24-13)16-15-17(20)22-9-23-18(15)27(25-16)8-14(28)26(2)3/h4-7,9,24H,8H2,1-3H3,(H,21,29)(H2,20,22,23). The Hall–Kier alpha value is -3.95. The van der Waals surface area contributed by atoms with Crippen molar-refractivity contribution in [3.8, 4) is 11.3 Å². The summed E-state index contributed by atoms with van der Waals surface area (Å²) in [6.45, 7) is 0.0333. The summed E-state index contributed by atoms with van der Waals surface area (Å²) in [4.78, 5) is 37.0. The molecule has 0 unspecified atom stereocenters. The molecule has 0 saturated carbocycles. The molecule has 148 valence electrons. The average molecular weight is 392 g/mol. The van der Waals surface area contributed by atoms with Gasteiger partial charge in [-0.25, -0.2) is 14.6 Å². The lowest BCUT2D eigenvalue weighted by Crippen LogP contribution is -2.26. The fourth-order valence-electron chi connectivity index (χ4n) is 3.14. The molecule has 3 aromatic heterocycles. The van der Waals surface area contributed by atoms with Crippen molar-refractivity contribution >= 4 is 39.6 Å². The van der Waals surface area contributed by atoms with Gasteiger partial charge in [-0.05, 0) is 12.1 Å². The van der Waals surface area contributed by atoms with E-state index in [0.717, 1.165) is 16.5 Å². The second-order valence-corrected chi connectivity index (χ2v) is 6.82. The van der Waals surface area contributed by atoms with Gasteiger partial charge in [0.05, 0.1) is 5.39 Å². The van der Waals surface area contributed by atoms with E-state index in [-0.39, 0.29) is 24.2 Å². The molecule has 0 saturated heterocycles. The van der Waals surface area contributed by atoms with E-state index in [9.17, 15) is 9.59 Å². The van der Waals surface area contributed by atoms with Crippen molar-refractivity contribution in [2.24, 2.45) is 0 Å². The van der Waals surface area contributed by atoms with E-state index < -0.39 is 0 Å².